The molecule has 1 aromatic carbocycles. The van der Waals surface area contributed by atoms with Crippen molar-refractivity contribution >= 4 is 29.2 Å². The van der Waals surface area contributed by atoms with E-state index in [9.17, 15) is 9.59 Å². The van der Waals surface area contributed by atoms with E-state index in [0.717, 1.165) is 0 Å². The SMILES string of the molecule is C[C@H](Nc1ccc(Cl)cc1C(=O)O)C(=O)O. The summed E-state index contributed by atoms with van der Waals surface area (Å²) >= 11 is 5.65. The maximum atomic E-state index is 10.9. The van der Waals surface area contributed by atoms with Gasteiger partial charge in [0.25, 0.3) is 0 Å². The molecule has 0 aliphatic rings. The molecule has 6 heteroatoms. The standard InChI is InChI=1S/C10H10ClNO4/c1-5(9(13)14)12-8-3-2-6(11)4-7(8)10(15)16/h2-5,12H,1H3,(H,13,14)(H,15,16)/t5-/m0/s1. The van der Waals surface area contributed by atoms with Crippen molar-refractivity contribution in [2.24, 2.45) is 0 Å². The normalized spacial score (nSPS) is 11.9. The molecule has 0 bridgehead atoms. The van der Waals surface area contributed by atoms with Crippen LogP contribution in [0.2, 0.25) is 5.02 Å². The van der Waals surface area contributed by atoms with Crippen LogP contribution in [-0.2, 0) is 4.79 Å². The molecular weight excluding hydrogens is 234 g/mol. The van der Waals surface area contributed by atoms with Crippen molar-refractivity contribution in [3.8, 4) is 0 Å². The smallest absolute Gasteiger partial charge is 0.337 e. The Bertz CT molecular complexity index is 433. The predicted molar refractivity (Wildman–Crippen MR) is 59.1 cm³/mol. The molecule has 1 atom stereocenters. The summed E-state index contributed by atoms with van der Waals surface area (Å²) in [4.78, 5) is 21.5. The lowest BCUT2D eigenvalue weighted by Gasteiger charge is -2.13. The number of anilines is 1. The first-order valence-corrected chi connectivity index (χ1v) is 4.82. The minimum atomic E-state index is -1.16. The molecule has 0 spiro atoms. The van der Waals surface area contributed by atoms with Crippen LogP contribution >= 0.6 is 11.6 Å². The number of hydrogen-bond donors (Lipinski definition) is 3. The number of carboxylic acids is 2. The van der Waals surface area contributed by atoms with Crippen molar-refractivity contribution in [3.63, 3.8) is 0 Å². The molecule has 0 aliphatic heterocycles. The maximum absolute atomic E-state index is 10.9. The van der Waals surface area contributed by atoms with Gasteiger partial charge in [0.1, 0.15) is 6.04 Å². The lowest BCUT2D eigenvalue weighted by molar-refractivity contribution is -0.137. The fourth-order valence-electron chi connectivity index (χ4n) is 1.11. The third-order valence-electron chi connectivity index (χ3n) is 1.95. The summed E-state index contributed by atoms with van der Waals surface area (Å²) in [7, 11) is 0. The Morgan fingerprint density at radius 2 is 2.00 bits per heavy atom. The van der Waals surface area contributed by atoms with E-state index in [1.54, 1.807) is 0 Å². The molecule has 0 saturated heterocycles. The molecule has 0 amide bonds. The molecule has 0 aliphatic carbocycles. The number of rotatable bonds is 4. The second kappa shape index (κ2) is 4.85. The van der Waals surface area contributed by atoms with Crippen LogP contribution in [0.15, 0.2) is 18.2 Å². The van der Waals surface area contributed by atoms with Gasteiger partial charge in [0.2, 0.25) is 0 Å². The number of carbonyl (C=O) groups is 2. The average Bonchev–Trinajstić information content (AvgIpc) is 2.20. The average molecular weight is 244 g/mol. The van der Waals surface area contributed by atoms with Gasteiger partial charge in [-0.2, -0.15) is 0 Å². The molecule has 3 N–H and O–H groups in total. The summed E-state index contributed by atoms with van der Waals surface area (Å²) in [6.45, 7) is 1.42. The monoisotopic (exact) mass is 243 g/mol. The van der Waals surface area contributed by atoms with Gasteiger partial charge >= 0.3 is 11.9 Å². The van der Waals surface area contributed by atoms with Crippen molar-refractivity contribution in [3.05, 3.63) is 28.8 Å². The number of hydrogen-bond acceptors (Lipinski definition) is 3. The van der Waals surface area contributed by atoms with E-state index in [-0.39, 0.29) is 16.3 Å². The van der Waals surface area contributed by atoms with Crippen molar-refractivity contribution in [1.82, 2.24) is 0 Å². The van der Waals surface area contributed by atoms with E-state index < -0.39 is 18.0 Å². The van der Waals surface area contributed by atoms with Crippen LogP contribution in [0.1, 0.15) is 17.3 Å². The van der Waals surface area contributed by atoms with E-state index in [1.165, 1.54) is 25.1 Å². The Kier molecular flexibility index (Phi) is 3.73. The number of aliphatic carboxylic acids is 1. The lowest BCUT2D eigenvalue weighted by atomic mass is 10.1. The Morgan fingerprint density at radius 1 is 1.38 bits per heavy atom. The fourth-order valence-corrected chi connectivity index (χ4v) is 1.29. The maximum Gasteiger partial charge on any atom is 0.337 e. The summed E-state index contributed by atoms with van der Waals surface area (Å²) < 4.78 is 0. The molecule has 86 valence electrons. The van der Waals surface area contributed by atoms with Crippen LogP contribution in [0, 0.1) is 0 Å². The second-order valence-corrected chi connectivity index (χ2v) is 3.64. The van der Waals surface area contributed by atoms with E-state index in [4.69, 9.17) is 21.8 Å². The fraction of sp³-hybridized carbons (Fsp3) is 0.200. The Labute approximate surface area is 96.7 Å². The van der Waals surface area contributed by atoms with Gasteiger partial charge in [-0.15, -0.1) is 0 Å². The number of halogens is 1. The third-order valence-corrected chi connectivity index (χ3v) is 2.19. The summed E-state index contributed by atoms with van der Waals surface area (Å²) in [5.74, 6) is -2.23. The summed E-state index contributed by atoms with van der Waals surface area (Å²) in [6, 6.07) is 3.32. The quantitative estimate of drug-likeness (QED) is 0.752. The molecule has 0 saturated carbocycles. The highest BCUT2D eigenvalue weighted by atomic mass is 35.5. The molecular formula is C10H10ClNO4. The van der Waals surface area contributed by atoms with Crippen molar-refractivity contribution in [2.45, 2.75) is 13.0 Å². The van der Waals surface area contributed by atoms with Crippen LogP contribution in [0.5, 0.6) is 0 Å². The molecule has 0 unspecified atom stereocenters. The predicted octanol–water partition coefficient (Wildman–Crippen LogP) is 1.92. The van der Waals surface area contributed by atoms with Crippen LogP contribution < -0.4 is 5.32 Å². The molecule has 16 heavy (non-hydrogen) atoms. The summed E-state index contributed by atoms with van der Waals surface area (Å²) in [5, 5.41) is 20.4. The van der Waals surface area contributed by atoms with E-state index in [1.807, 2.05) is 0 Å². The van der Waals surface area contributed by atoms with Crippen LogP contribution in [0.25, 0.3) is 0 Å². The van der Waals surface area contributed by atoms with Gasteiger partial charge in [-0.25, -0.2) is 4.79 Å². The van der Waals surface area contributed by atoms with Gasteiger partial charge in [-0.1, -0.05) is 11.6 Å². The van der Waals surface area contributed by atoms with Gasteiger partial charge in [0.15, 0.2) is 0 Å². The molecule has 0 heterocycles. The van der Waals surface area contributed by atoms with Gasteiger partial charge in [-0.05, 0) is 25.1 Å². The van der Waals surface area contributed by atoms with Crippen molar-refractivity contribution < 1.29 is 19.8 Å². The van der Waals surface area contributed by atoms with E-state index >= 15 is 0 Å². The number of aromatic carboxylic acids is 1. The highest BCUT2D eigenvalue weighted by molar-refractivity contribution is 6.31. The zero-order chi connectivity index (χ0) is 12.3. The minimum Gasteiger partial charge on any atom is -0.480 e. The number of benzene rings is 1. The van der Waals surface area contributed by atoms with Gasteiger partial charge in [0, 0.05) is 10.7 Å². The highest BCUT2D eigenvalue weighted by Crippen LogP contribution is 2.21. The highest BCUT2D eigenvalue weighted by Gasteiger charge is 2.15. The number of carboxylic acid groups (broad SMARTS) is 2. The molecule has 1 rings (SSSR count). The molecule has 0 fully saturated rings. The summed E-state index contributed by atoms with van der Waals surface area (Å²) in [6.07, 6.45) is 0. The zero-order valence-electron chi connectivity index (χ0n) is 8.40. The lowest BCUT2D eigenvalue weighted by Crippen LogP contribution is -2.26. The van der Waals surface area contributed by atoms with Gasteiger partial charge < -0.3 is 15.5 Å². The van der Waals surface area contributed by atoms with Crippen molar-refractivity contribution in [1.29, 1.82) is 0 Å². The zero-order valence-corrected chi connectivity index (χ0v) is 9.15. The van der Waals surface area contributed by atoms with E-state index in [0.29, 0.717) is 0 Å². The Balaban J connectivity index is 3.04. The van der Waals surface area contributed by atoms with Crippen LogP contribution in [-0.4, -0.2) is 28.2 Å². The van der Waals surface area contributed by atoms with Crippen molar-refractivity contribution in [2.75, 3.05) is 5.32 Å². The van der Waals surface area contributed by atoms with Crippen LogP contribution in [0.3, 0.4) is 0 Å². The van der Waals surface area contributed by atoms with E-state index in [2.05, 4.69) is 5.32 Å². The second-order valence-electron chi connectivity index (χ2n) is 3.20. The first-order valence-electron chi connectivity index (χ1n) is 4.44. The molecule has 0 radical (unpaired) electrons. The third kappa shape index (κ3) is 2.87. The Hall–Kier alpha value is -1.75. The molecule has 1 aromatic rings. The summed E-state index contributed by atoms with van der Waals surface area (Å²) in [5.41, 5.74) is 0.174. The molecule has 5 nitrogen and oxygen atoms in total. The van der Waals surface area contributed by atoms with Crippen LogP contribution in [0.4, 0.5) is 5.69 Å². The van der Waals surface area contributed by atoms with Gasteiger partial charge in [0.05, 0.1) is 5.56 Å². The molecule has 0 aromatic heterocycles. The first-order chi connectivity index (χ1) is 7.41. The minimum absolute atomic E-state index is 0.0550. The number of nitrogens with one attached hydrogen (secondary N) is 1. The largest absolute Gasteiger partial charge is 0.480 e. The Morgan fingerprint density at radius 3 is 2.50 bits per heavy atom. The first kappa shape index (κ1) is 12.3. The topological polar surface area (TPSA) is 86.6 Å². The van der Waals surface area contributed by atoms with Gasteiger partial charge in [-0.3, -0.25) is 4.79 Å².